The van der Waals surface area contributed by atoms with Crippen molar-refractivity contribution in [3.8, 4) is 0 Å². The van der Waals surface area contributed by atoms with Crippen molar-refractivity contribution in [1.29, 1.82) is 0 Å². The lowest BCUT2D eigenvalue weighted by Crippen LogP contribution is -2.11. The minimum atomic E-state index is 0.0834. The summed E-state index contributed by atoms with van der Waals surface area (Å²) in [6.07, 6.45) is 8.12. The van der Waals surface area contributed by atoms with Crippen molar-refractivity contribution in [3.63, 3.8) is 0 Å². The third kappa shape index (κ3) is 1.65. The van der Waals surface area contributed by atoms with Gasteiger partial charge in [-0.15, -0.1) is 0 Å². The fourth-order valence-corrected chi connectivity index (χ4v) is 2.19. The Hall–Kier alpha value is -1.30. The standard InChI is InChI=1S/C15H20/c1-7-10-13-11(4)15(5,6)14(9-3)12(13)8-2/h7-10H,2-3H2,1,4-6H3/b10-7-. The summed E-state index contributed by atoms with van der Waals surface area (Å²) in [5.41, 5.74) is 5.28. The molecular formula is C15H20. The molecule has 0 spiro atoms. The monoisotopic (exact) mass is 200 g/mol. The number of hydrogen-bond acceptors (Lipinski definition) is 0. The van der Waals surface area contributed by atoms with Crippen LogP contribution in [0.3, 0.4) is 0 Å². The van der Waals surface area contributed by atoms with Crippen LogP contribution in [0.1, 0.15) is 27.7 Å². The molecule has 1 rings (SSSR count). The zero-order valence-corrected chi connectivity index (χ0v) is 10.2. The van der Waals surface area contributed by atoms with Gasteiger partial charge in [0.25, 0.3) is 0 Å². The molecule has 0 heteroatoms. The molecule has 0 bridgehead atoms. The molecule has 0 aromatic carbocycles. The van der Waals surface area contributed by atoms with E-state index in [4.69, 9.17) is 0 Å². The molecule has 0 unspecified atom stereocenters. The molecule has 0 atom stereocenters. The van der Waals surface area contributed by atoms with Crippen LogP contribution in [-0.2, 0) is 0 Å². The fourth-order valence-electron chi connectivity index (χ4n) is 2.19. The summed E-state index contributed by atoms with van der Waals surface area (Å²) in [7, 11) is 0. The summed E-state index contributed by atoms with van der Waals surface area (Å²) in [4.78, 5) is 0. The highest BCUT2D eigenvalue weighted by molar-refractivity contribution is 5.63. The number of allylic oxidation sites excluding steroid dienone is 8. The first-order valence-corrected chi connectivity index (χ1v) is 5.34. The van der Waals surface area contributed by atoms with Crippen molar-refractivity contribution in [2.75, 3.05) is 0 Å². The zero-order chi connectivity index (χ0) is 11.6. The van der Waals surface area contributed by atoms with Crippen molar-refractivity contribution in [2.45, 2.75) is 27.7 Å². The van der Waals surface area contributed by atoms with Gasteiger partial charge in [-0.1, -0.05) is 56.9 Å². The second-order valence-electron chi connectivity index (χ2n) is 4.40. The number of hydrogen-bond donors (Lipinski definition) is 0. The van der Waals surface area contributed by atoms with Crippen molar-refractivity contribution < 1.29 is 0 Å². The Balaban J connectivity index is 3.48. The van der Waals surface area contributed by atoms with Crippen molar-refractivity contribution >= 4 is 0 Å². The van der Waals surface area contributed by atoms with E-state index < -0.39 is 0 Å². The molecule has 1 aliphatic rings. The quantitative estimate of drug-likeness (QED) is 0.625. The van der Waals surface area contributed by atoms with E-state index >= 15 is 0 Å². The minimum absolute atomic E-state index is 0.0834. The van der Waals surface area contributed by atoms with Crippen molar-refractivity contribution in [2.24, 2.45) is 5.41 Å². The van der Waals surface area contributed by atoms with E-state index in [0.717, 1.165) is 0 Å². The maximum Gasteiger partial charge on any atom is 0.0117 e. The Kier molecular flexibility index (Phi) is 3.18. The van der Waals surface area contributed by atoms with E-state index in [2.05, 4.69) is 46.1 Å². The van der Waals surface area contributed by atoms with E-state index in [1.807, 2.05) is 19.1 Å². The summed E-state index contributed by atoms with van der Waals surface area (Å²) in [5.74, 6) is 0. The van der Waals surface area contributed by atoms with Crippen molar-refractivity contribution in [3.05, 3.63) is 59.8 Å². The Morgan fingerprint density at radius 3 is 2.07 bits per heavy atom. The predicted molar refractivity (Wildman–Crippen MR) is 68.7 cm³/mol. The summed E-state index contributed by atoms with van der Waals surface area (Å²) in [5, 5.41) is 0. The first-order chi connectivity index (χ1) is 7.00. The van der Waals surface area contributed by atoms with Gasteiger partial charge >= 0.3 is 0 Å². The molecule has 0 saturated carbocycles. The third-order valence-electron chi connectivity index (χ3n) is 3.34. The third-order valence-corrected chi connectivity index (χ3v) is 3.34. The van der Waals surface area contributed by atoms with Crippen LogP contribution in [0, 0.1) is 5.41 Å². The second kappa shape index (κ2) is 4.06. The summed E-state index contributed by atoms with van der Waals surface area (Å²) >= 11 is 0. The highest BCUT2D eigenvalue weighted by Gasteiger charge is 2.33. The van der Waals surface area contributed by atoms with E-state index in [1.54, 1.807) is 0 Å². The molecule has 0 fully saturated rings. The van der Waals surface area contributed by atoms with Crippen LogP contribution in [0.15, 0.2) is 59.8 Å². The van der Waals surface area contributed by atoms with E-state index in [1.165, 1.54) is 22.3 Å². The average Bonchev–Trinajstić information content (AvgIpc) is 2.38. The molecule has 0 aliphatic heterocycles. The van der Waals surface area contributed by atoms with E-state index in [-0.39, 0.29) is 5.41 Å². The summed E-state index contributed by atoms with van der Waals surface area (Å²) < 4.78 is 0. The van der Waals surface area contributed by atoms with Crippen LogP contribution >= 0.6 is 0 Å². The Labute approximate surface area is 93.4 Å². The molecule has 15 heavy (non-hydrogen) atoms. The molecular weight excluding hydrogens is 180 g/mol. The van der Waals surface area contributed by atoms with Crippen LogP contribution in [-0.4, -0.2) is 0 Å². The molecule has 0 amide bonds. The van der Waals surface area contributed by atoms with Gasteiger partial charge in [0.15, 0.2) is 0 Å². The van der Waals surface area contributed by atoms with Gasteiger partial charge in [0.2, 0.25) is 0 Å². The topological polar surface area (TPSA) is 0 Å². The lowest BCUT2D eigenvalue weighted by Gasteiger charge is -2.23. The molecule has 1 aliphatic carbocycles. The average molecular weight is 200 g/mol. The Morgan fingerprint density at radius 2 is 1.67 bits per heavy atom. The summed E-state index contributed by atoms with van der Waals surface area (Å²) in [6.45, 7) is 16.5. The largest absolute Gasteiger partial charge is 0.0987 e. The number of rotatable bonds is 3. The maximum atomic E-state index is 3.91. The molecule has 0 aromatic heterocycles. The van der Waals surface area contributed by atoms with Crippen LogP contribution < -0.4 is 0 Å². The minimum Gasteiger partial charge on any atom is -0.0987 e. The van der Waals surface area contributed by atoms with Gasteiger partial charge in [0, 0.05) is 5.41 Å². The normalized spacial score (nSPS) is 20.3. The first-order valence-electron chi connectivity index (χ1n) is 5.34. The molecule has 0 saturated heterocycles. The SMILES string of the molecule is C=CC1=C(C=C)C(C)(C)C(C)=C1/C=C\C. The molecule has 0 heterocycles. The van der Waals surface area contributed by atoms with Gasteiger partial charge in [0.1, 0.15) is 0 Å². The highest BCUT2D eigenvalue weighted by atomic mass is 14.4. The first kappa shape index (κ1) is 11.8. The Bertz CT molecular complexity index is 384. The van der Waals surface area contributed by atoms with Gasteiger partial charge in [0.05, 0.1) is 0 Å². The fraction of sp³-hybridized carbons (Fsp3) is 0.333. The van der Waals surface area contributed by atoms with E-state index in [0.29, 0.717) is 0 Å². The van der Waals surface area contributed by atoms with E-state index in [9.17, 15) is 0 Å². The molecule has 0 aromatic rings. The zero-order valence-electron chi connectivity index (χ0n) is 10.2. The Morgan fingerprint density at radius 1 is 1.07 bits per heavy atom. The predicted octanol–water partition coefficient (Wildman–Crippen LogP) is 4.59. The van der Waals surface area contributed by atoms with Crippen LogP contribution in [0.2, 0.25) is 0 Å². The maximum absolute atomic E-state index is 3.91. The van der Waals surface area contributed by atoms with Gasteiger partial charge in [-0.25, -0.2) is 0 Å². The second-order valence-corrected chi connectivity index (χ2v) is 4.40. The van der Waals surface area contributed by atoms with Crippen molar-refractivity contribution in [1.82, 2.24) is 0 Å². The van der Waals surface area contributed by atoms with Crippen LogP contribution in [0.5, 0.6) is 0 Å². The lowest BCUT2D eigenvalue weighted by atomic mass is 9.81. The smallest absolute Gasteiger partial charge is 0.0117 e. The van der Waals surface area contributed by atoms with Gasteiger partial charge in [-0.2, -0.15) is 0 Å². The molecule has 0 N–H and O–H groups in total. The van der Waals surface area contributed by atoms with Gasteiger partial charge < -0.3 is 0 Å². The van der Waals surface area contributed by atoms with Crippen LogP contribution in [0.25, 0.3) is 0 Å². The highest BCUT2D eigenvalue weighted by Crippen LogP contribution is 2.47. The summed E-state index contributed by atoms with van der Waals surface area (Å²) in [6, 6.07) is 0. The van der Waals surface area contributed by atoms with Gasteiger partial charge in [-0.05, 0) is 30.6 Å². The van der Waals surface area contributed by atoms with Crippen LogP contribution in [0.4, 0.5) is 0 Å². The molecule has 0 nitrogen and oxygen atoms in total. The lowest BCUT2D eigenvalue weighted by molar-refractivity contribution is 0.562. The molecule has 80 valence electrons. The molecule has 0 radical (unpaired) electrons. The van der Waals surface area contributed by atoms with Gasteiger partial charge in [-0.3, -0.25) is 0 Å².